The molecule has 1 aromatic heterocycles. The molecule has 1 heterocycles. The summed E-state index contributed by atoms with van der Waals surface area (Å²) >= 11 is 5.90. The van der Waals surface area contributed by atoms with E-state index in [0.29, 0.717) is 5.15 Å². The van der Waals surface area contributed by atoms with Gasteiger partial charge in [-0.2, -0.15) is 0 Å². The molecule has 1 N–H and O–H groups in total. The van der Waals surface area contributed by atoms with E-state index in [4.69, 9.17) is 11.6 Å². The van der Waals surface area contributed by atoms with E-state index >= 15 is 0 Å². The van der Waals surface area contributed by atoms with Gasteiger partial charge in [0.05, 0.1) is 6.10 Å². The average molecular weight is 212 g/mol. The lowest BCUT2D eigenvalue weighted by Gasteiger charge is -2.19. The van der Waals surface area contributed by atoms with E-state index in [2.05, 4.69) is 4.98 Å². The van der Waals surface area contributed by atoms with Crippen LogP contribution in [0.2, 0.25) is 5.15 Å². The number of aliphatic hydroxyl groups is 1. The molecule has 0 aliphatic heterocycles. The molecule has 1 aromatic rings. The Balaban J connectivity index is 2.42. The lowest BCUT2D eigenvalue weighted by atomic mass is 9.91. The van der Waals surface area contributed by atoms with Crippen LogP contribution in [0.4, 0.5) is 0 Å². The van der Waals surface area contributed by atoms with Crippen molar-refractivity contribution in [2.24, 2.45) is 0 Å². The predicted octanol–water partition coefficient (Wildman–Crippen LogP) is 2.46. The van der Waals surface area contributed by atoms with Gasteiger partial charge in [0.1, 0.15) is 5.15 Å². The molecule has 0 aromatic carbocycles. The summed E-state index contributed by atoms with van der Waals surface area (Å²) in [6, 6.07) is 3.89. The summed E-state index contributed by atoms with van der Waals surface area (Å²) in [6.07, 6.45) is 1.79. The molecule has 0 spiro atoms. The van der Waals surface area contributed by atoms with Crippen LogP contribution in [-0.4, -0.2) is 16.2 Å². The number of aliphatic hydroxyl groups excluding tert-OH is 1. The second-order valence-electron chi connectivity index (χ2n) is 4.15. The van der Waals surface area contributed by atoms with E-state index in [-0.39, 0.29) is 11.5 Å². The van der Waals surface area contributed by atoms with Gasteiger partial charge in [-0.25, -0.2) is 4.98 Å². The summed E-state index contributed by atoms with van der Waals surface area (Å²) < 4.78 is 0. The van der Waals surface area contributed by atoms with Gasteiger partial charge in [0.2, 0.25) is 0 Å². The van der Waals surface area contributed by atoms with E-state index in [9.17, 15) is 5.11 Å². The Hall–Kier alpha value is -0.600. The van der Waals surface area contributed by atoms with Crippen LogP contribution in [-0.2, 0) is 5.41 Å². The third-order valence-corrected chi connectivity index (χ3v) is 3.28. The zero-order valence-electron chi connectivity index (χ0n) is 8.42. The number of hydrogen-bond acceptors (Lipinski definition) is 2. The summed E-state index contributed by atoms with van der Waals surface area (Å²) in [5.41, 5.74) is 2.00. The molecule has 1 atom stereocenters. The number of hydrogen-bond donors (Lipinski definition) is 1. The van der Waals surface area contributed by atoms with Crippen molar-refractivity contribution in [1.29, 1.82) is 0 Å². The molecule has 1 aliphatic carbocycles. The fourth-order valence-corrected chi connectivity index (χ4v) is 2.25. The molecule has 1 unspecified atom stereocenters. The average Bonchev–Trinajstić information content (AvgIpc) is 2.81. The Morgan fingerprint density at radius 2 is 2.14 bits per heavy atom. The van der Waals surface area contributed by atoms with Gasteiger partial charge in [-0.1, -0.05) is 11.6 Å². The summed E-state index contributed by atoms with van der Waals surface area (Å²) in [5, 5.41) is 10.2. The molecule has 2 rings (SSSR count). The molecule has 0 bridgehead atoms. The highest BCUT2D eigenvalue weighted by Gasteiger charge is 2.48. The molecular formula is C11H14ClNO. The van der Waals surface area contributed by atoms with Crippen molar-refractivity contribution in [2.45, 2.75) is 38.2 Å². The highest BCUT2D eigenvalue weighted by atomic mass is 35.5. The minimum atomic E-state index is -0.305. The van der Waals surface area contributed by atoms with Gasteiger partial charge >= 0.3 is 0 Å². The standard InChI is InChI=1S/C11H14ClNO/c1-7-5-9(6-10(12)13-7)11(3-4-11)8(2)14/h5-6,8,14H,3-4H2,1-2H3. The second-order valence-corrected chi connectivity index (χ2v) is 4.54. The van der Waals surface area contributed by atoms with Gasteiger partial charge in [-0.05, 0) is 44.4 Å². The van der Waals surface area contributed by atoms with Crippen LogP contribution < -0.4 is 0 Å². The number of pyridine rings is 1. The van der Waals surface area contributed by atoms with Crippen molar-refractivity contribution in [2.75, 3.05) is 0 Å². The fourth-order valence-electron chi connectivity index (χ4n) is 2.00. The van der Waals surface area contributed by atoms with Crippen molar-refractivity contribution in [3.05, 3.63) is 28.5 Å². The Morgan fingerprint density at radius 1 is 1.50 bits per heavy atom. The smallest absolute Gasteiger partial charge is 0.129 e. The first kappa shape index (κ1) is 9.94. The molecule has 2 nitrogen and oxygen atoms in total. The number of rotatable bonds is 2. The first-order valence-corrected chi connectivity index (χ1v) is 5.25. The largest absolute Gasteiger partial charge is 0.392 e. The highest BCUT2D eigenvalue weighted by Crippen LogP contribution is 2.51. The zero-order valence-corrected chi connectivity index (χ0v) is 9.17. The maximum atomic E-state index is 9.71. The van der Waals surface area contributed by atoms with Gasteiger partial charge in [0.25, 0.3) is 0 Å². The molecule has 1 fully saturated rings. The van der Waals surface area contributed by atoms with Crippen molar-refractivity contribution >= 4 is 11.6 Å². The number of aryl methyl sites for hydroxylation is 1. The summed E-state index contributed by atoms with van der Waals surface area (Å²) in [5.74, 6) is 0. The summed E-state index contributed by atoms with van der Waals surface area (Å²) in [6.45, 7) is 3.77. The van der Waals surface area contributed by atoms with Crippen molar-refractivity contribution in [3.63, 3.8) is 0 Å². The van der Waals surface area contributed by atoms with Crippen LogP contribution in [0.25, 0.3) is 0 Å². The molecule has 14 heavy (non-hydrogen) atoms. The molecule has 0 radical (unpaired) electrons. The second kappa shape index (κ2) is 3.21. The number of nitrogens with zero attached hydrogens (tertiary/aromatic N) is 1. The van der Waals surface area contributed by atoms with Crippen LogP contribution in [0.3, 0.4) is 0 Å². The van der Waals surface area contributed by atoms with Crippen LogP contribution in [0.5, 0.6) is 0 Å². The molecule has 1 aliphatic rings. The van der Waals surface area contributed by atoms with Crippen molar-refractivity contribution < 1.29 is 5.11 Å². The van der Waals surface area contributed by atoms with E-state index in [0.717, 1.165) is 24.1 Å². The molecule has 76 valence electrons. The third-order valence-electron chi connectivity index (χ3n) is 3.09. The first-order valence-electron chi connectivity index (χ1n) is 4.87. The quantitative estimate of drug-likeness (QED) is 0.763. The Kier molecular flexibility index (Phi) is 2.28. The predicted molar refractivity (Wildman–Crippen MR) is 56.6 cm³/mol. The minimum absolute atomic E-state index is 0.0443. The van der Waals surface area contributed by atoms with Gasteiger partial charge in [0.15, 0.2) is 0 Å². The highest BCUT2D eigenvalue weighted by molar-refractivity contribution is 6.29. The summed E-state index contributed by atoms with van der Waals surface area (Å²) in [4.78, 5) is 4.12. The summed E-state index contributed by atoms with van der Waals surface area (Å²) in [7, 11) is 0. The molecule has 3 heteroatoms. The van der Waals surface area contributed by atoms with Gasteiger partial charge in [0, 0.05) is 11.1 Å². The monoisotopic (exact) mass is 211 g/mol. The van der Waals surface area contributed by atoms with Crippen LogP contribution in [0.1, 0.15) is 31.0 Å². The Morgan fingerprint density at radius 3 is 2.57 bits per heavy atom. The third kappa shape index (κ3) is 1.53. The lowest BCUT2D eigenvalue weighted by molar-refractivity contribution is 0.150. The van der Waals surface area contributed by atoms with E-state index < -0.39 is 0 Å². The minimum Gasteiger partial charge on any atom is -0.392 e. The Labute approximate surface area is 88.9 Å². The molecule has 0 saturated heterocycles. The first-order chi connectivity index (χ1) is 6.54. The van der Waals surface area contributed by atoms with E-state index in [1.54, 1.807) is 0 Å². The lowest BCUT2D eigenvalue weighted by Crippen LogP contribution is -2.22. The van der Waals surface area contributed by atoms with E-state index in [1.165, 1.54) is 0 Å². The molecule has 0 amide bonds. The number of halogens is 1. The maximum absolute atomic E-state index is 9.71. The van der Waals surface area contributed by atoms with Crippen molar-refractivity contribution in [3.8, 4) is 0 Å². The van der Waals surface area contributed by atoms with Gasteiger partial charge < -0.3 is 5.11 Å². The fraction of sp³-hybridized carbons (Fsp3) is 0.545. The number of aromatic nitrogens is 1. The molecular weight excluding hydrogens is 198 g/mol. The van der Waals surface area contributed by atoms with E-state index in [1.807, 2.05) is 26.0 Å². The normalized spacial score (nSPS) is 20.6. The van der Waals surface area contributed by atoms with Crippen LogP contribution in [0.15, 0.2) is 12.1 Å². The van der Waals surface area contributed by atoms with Crippen LogP contribution in [0, 0.1) is 6.92 Å². The van der Waals surface area contributed by atoms with Gasteiger partial charge in [-0.15, -0.1) is 0 Å². The zero-order chi connectivity index (χ0) is 10.3. The maximum Gasteiger partial charge on any atom is 0.129 e. The van der Waals surface area contributed by atoms with Crippen LogP contribution >= 0.6 is 11.6 Å². The topological polar surface area (TPSA) is 33.1 Å². The Bertz CT molecular complexity index is 338. The SMILES string of the molecule is Cc1cc(C2(C(C)O)CC2)cc(Cl)n1. The van der Waals surface area contributed by atoms with Gasteiger partial charge in [-0.3, -0.25) is 0 Å². The van der Waals surface area contributed by atoms with Crippen molar-refractivity contribution in [1.82, 2.24) is 4.98 Å². The molecule has 1 saturated carbocycles.